The Balaban J connectivity index is 1.64. The van der Waals surface area contributed by atoms with Gasteiger partial charge in [0.05, 0.1) is 15.7 Å². The number of sulfone groups is 1. The molecule has 2 aromatic rings. The number of hydrogen-bond donors (Lipinski definition) is 1. The van der Waals surface area contributed by atoms with Gasteiger partial charge in [-0.25, -0.2) is 13.2 Å². The minimum atomic E-state index is -4.45. The van der Waals surface area contributed by atoms with E-state index < -0.39 is 32.9 Å². The number of nitrogens with zero attached hydrogens (tertiary/aromatic N) is 1. The van der Waals surface area contributed by atoms with Gasteiger partial charge in [0.1, 0.15) is 0 Å². The molecule has 1 aliphatic heterocycles. The molecule has 0 saturated carbocycles. The fourth-order valence-electron chi connectivity index (χ4n) is 2.91. The predicted octanol–water partition coefficient (Wildman–Crippen LogP) is 3.79. The van der Waals surface area contributed by atoms with E-state index in [0.717, 1.165) is 24.3 Å². The van der Waals surface area contributed by atoms with Crippen molar-refractivity contribution in [2.24, 2.45) is 0 Å². The standard InChI is InChI=1S/C18H17F3N2O3S/c19-18(20,21)13-6-8-14(9-7-13)22-17(24)23-11-10-16(12-23)27(25,26)15-4-2-1-3-5-15/h1-9,16H,10-12H2,(H,22,24). The fourth-order valence-corrected chi connectivity index (χ4v) is 4.63. The highest BCUT2D eigenvalue weighted by molar-refractivity contribution is 7.92. The quantitative estimate of drug-likeness (QED) is 0.856. The molecule has 1 atom stereocenters. The molecule has 5 nitrogen and oxygen atoms in total. The smallest absolute Gasteiger partial charge is 0.323 e. The number of halogens is 3. The number of rotatable bonds is 3. The molecular formula is C18H17F3N2O3S. The summed E-state index contributed by atoms with van der Waals surface area (Å²) in [6.07, 6.45) is -4.14. The SMILES string of the molecule is O=C(Nc1ccc(C(F)(F)F)cc1)N1CCC(S(=O)(=O)c2ccccc2)C1. The summed E-state index contributed by atoms with van der Waals surface area (Å²) >= 11 is 0. The maximum atomic E-state index is 12.6. The van der Waals surface area contributed by atoms with Gasteiger partial charge in [-0.2, -0.15) is 13.2 Å². The Morgan fingerprint density at radius 1 is 1.04 bits per heavy atom. The van der Waals surface area contributed by atoms with Crippen LogP contribution in [-0.4, -0.2) is 37.7 Å². The lowest BCUT2D eigenvalue weighted by Crippen LogP contribution is -2.35. The van der Waals surface area contributed by atoms with Crippen LogP contribution in [0.25, 0.3) is 0 Å². The van der Waals surface area contributed by atoms with Gasteiger partial charge in [-0.3, -0.25) is 0 Å². The van der Waals surface area contributed by atoms with E-state index >= 15 is 0 Å². The molecule has 2 aromatic carbocycles. The first-order valence-corrected chi connectivity index (χ1v) is 9.75. The summed E-state index contributed by atoms with van der Waals surface area (Å²) in [5, 5.41) is 1.79. The van der Waals surface area contributed by atoms with Crippen molar-refractivity contribution in [2.45, 2.75) is 22.7 Å². The molecule has 1 N–H and O–H groups in total. The highest BCUT2D eigenvalue weighted by atomic mass is 32.2. The van der Waals surface area contributed by atoms with Crippen molar-refractivity contribution in [2.75, 3.05) is 18.4 Å². The summed E-state index contributed by atoms with van der Waals surface area (Å²) in [7, 11) is -3.55. The first-order chi connectivity index (χ1) is 12.7. The summed E-state index contributed by atoms with van der Waals surface area (Å²) < 4.78 is 63.0. The summed E-state index contributed by atoms with van der Waals surface area (Å²) in [5.74, 6) is 0. The molecule has 27 heavy (non-hydrogen) atoms. The second-order valence-electron chi connectivity index (χ2n) is 6.22. The van der Waals surface area contributed by atoms with Gasteiger partial charge >= 0.3 is 12.2 Å². The van der Waals surface area contributed by atoms with Gasteiger partial charge in [0.25, 0.3) is 0 Å². The molecular weight excluding hydrogens is 381 g/mol. The second-order valence-corrected chi connectivity index (χ2v) is 8.45. The van der Waals surface area contributed by atoms with E-state index in [9.17, 15) is 26.4 Å². The molecule has 1 aliphatic rings. The molecule has 0 spiro atoms. The van der Waals surface area contributed by atoms with E-state index in [-0.39, 0.29) is 23.7 Å². The summed E-state index contributed by atoms with van der Waals surface area (Å²) in [6, 6.07) is 11.6. The van der Waals surface area contributed by atoms with Gasteiger partial charge in [0.15, 0.2) is 9.84 Å². The van der Waals surface area contributed by atoms with Crippen molar-refractivity contribution in [3.63, 3.8) is 0 Å². The van der Waals surface area contributed by atoms with Crippen LogP contribution in [0.1, 0.15) is 12.0 Å². The van der Waals surface area contributed by atoms with Crippen molar-refractivity contribution in [3.8, 4) is 0 Å². The molecule has 3 rings (SSSR count). The average Bonchev–Trinajstić information content (AvgIpc) is 3.13. The Morgan fingerprint density at radius 3 is 2.26 bits per heavy atom. The van der Waals surface area contributed by atoms with E-state index in [4.69, 9.17) is 0 Å². The molecule has 1 unspecified atom stereocenters. The maximum Gasteiger partial charge on any atom is 0.416 e. The van der Waals surface area contributed by atoms with Crippen LogP contribution < -0.4 is 5.32 Å². The Morgan fingerprint density at radius 2 is 1.67 bits per heavy atom. The van der Waals surface area contributed by atoms with Crippen LogP contribution >= 0.6 is 0 Å². The number of benzene rings is 2. The minimum Gasteiger partial charge on any atom is -0.323 e. The van der Waals surface area contributed by atoms with Gasteiger partial charge in [-0.1, -0.05) is 18.2 Å². The van der Waals surface area contributed by atoms with E-state index in [0.29, 0.717) is 6.42 Å². The van der Waals surface area contributed by atoms with Crippen LogP contribution in [0.3, 0.4) is 0 Å². The van der Waals surface area contributed by atoms with Crippen molar-refractivity contribution in [1.82, 2.24) is 4.90 Å². The maximum absolute atomic E-state index is 12.6. The number of hydrogen-bond acceptors (Lipinski definition) is 3. The molecule has 0 bridgehead atoms. The van der Waals surface area contributed by atoms with Gasteiger partial charge in [0.2, 0.25) is 0 Å². The third-order valence-corrected chi connectivity index (χ3v) is 6.60. The third kappa shape index (κ3) is 4.24. The largest absolute Gasteiger partial charge is 0.416 e. The van der Waals surface area contributed by atoms with Crippen LogP contribution in [0, 0.1) is 0 Å². The number of likely N-dealkylation sites (tertiary alicyclic amines) is 1. The summed E-state index contributed by atoms with van der Waals surface area (Å²) in [4.78, 5) is 13.9. The van der Waals surface area contributed by atoms with Gasteiger partial charge in [-0.15, -0.1) is 0 Å². The molecule has 1 fully saturated rings. The number of alkyl halides is 3. The van der Waals surface area contributed by atoms with Crippen LogP contribution in [0.5, 0.6) is 0 Å². The topological polar surface area (TPSA) is 66.5 Å². The molecule has 0 aromatic heterocycles. The lowest BCUT2D eigenvalue weighted by molar-refractivity contribution is -0.137. The normalized spacial score (nSPS) is 17.7. The van der Waals surface area contributed by atoms with Crippen molar-refractivity contribution < 1.29 is 26.4 Å². The minimum absolute atomic E-state index is 0.0314. The van der Waals surface area contributed by atoms with E-state index in [1.165, 1.54) is 17.0 Å². The third-order valence-electron chi connectivity index (χ3n) is 4.41. The van der Waals surface area contributed by atoms with Crippen LogP contribution in [0.15, 0.2) is 59.5 Å². The number of anilines is 1. The van der Waals surface area contributed by atoms with Crippen LogP contribution in [0.4, 0.5) is 23.7 Å². The highest BCUT2D eigenvalue weighted by Crippen LogP contribution is 2.30. The monoisotopic (exact) mass is 398 g/mol. The first-order valence-electron chi connectivity index (χ1n) is 8.20. The molecule has 1 heterocycles. The van der Waals surface area contributed by atoms with Crippen LogP contribution in [0.2, 0.25) is 0 Å². The number of urea groups is 1. The number of nitrogens with one attached hydrogen (secondary N) is 1. The fraction of sp³-hybridized carbons (Fsp3) is 0.278. The van der Waals surface area contributed by atoms with Crippen molar-refractivity contribution >= 4 is 21.6 Å². The molecule has 9 heteroatoms. The van der Waals surface area contributed by atoms with Gasteiger partial charge in [0, 0.05) is 18.8 Å². The van der Waals surface area contributed by atoms with E-state index in [1.54, 1.807) is 18.2 Å². The predicted molar refractivity (Wildman–Crippen MR) is 94.1 cm³/mol. The van der Waals surface area contributed by atoms with E-state index in [1.807, 2.05) is 0 Å². The van der Waals surface area contributed by atoms with Gasteiger partial charge in [-0.05, 0) is 42.8 Å². The second kappa shape index (κ2) is 7.22. The van der Waals surface area contributed by atoms with Crippen molar-refractivity contribution in [3.05, 3.63) is 60.2 Å². The molecule has 1 saturated heterocycles. The first kappa shape index (κ1) is 19.2. The summed E-state index contributed by atoms with van der Waals surface area (Å²) in [6.45, 7) is 0.285. The molecule has 0 aliphatic carbocycles. The Bertz CT molecular complexity index is 913. The van der Waals surface area contributed by atoms with Crippen LogP contribution in [-0.2, 0) is 16.0 Å². The lowest BCUT2D eigenvalue weighted by atomic mass is 10.2. The number of amides is 2. The summed E-state index contributed by atoms with van der Waals surface area (Å²) in [5.41, 5.74) is -0.599. The zero-order valence-corrected chi connectivity index (χ0v) is 14.9. The van der Waals surface area contributed by atoms with Gasteiger partial charge < -0.3 is 10.2 Å². The lowest BCUT2D eigenvalue weighted by Gasteiger charge is -2.18. The Labute approximate surface area is 154 Å². The highest BCUT2D eigenvalue weighted by Gasteiger charge is 2.36. The Kier molecular flexibility index (Phi) is 5.14. The molecule has 144 valence electrons. The van der Waals surface area contributed by atoms with Crippen molar-refractivity contribution in [1.29, 1.82) is 0 Å². The molecule has 0 radical (unpaired) electrons. The van der Waals surface area contributed by atoms with E-state index in [2.05, 4.69) is 5.32 Å². The number of carbonyl (C=O) groups excluding carboxylic acids is 1. The molecule has 2 amide bonds. The average molecular weight is 398 g/mol. The zero-order chi connectivity index (χ0) is 19.7. The number of carbonyl (C=O) groups is 1. The zero-order valence-electron chi connectivity index (χ0n) is 14.1. The Hall–Kier alpha value is -2.55.